The Morgan fingerprint density at radius 2 is 2.04 bits per heavy atom. The molecule has 2 aromatic rings. The molecule has 0 unspecified atom stereocenters. The van der Waals surface area contributed by atoms with Crippen LogP contribution in [0.15, 0.2) is 6.07 Å². The highest BCUT2D eigenvalue weighted by atomic mass is 32.1. The first-order valence-corrected chi connectivity index (χ1v) is 10.7. The van der Waals surface area contributed by atoms with Crippen molar-refractivity contribution in [1.29, 1.82) is 0 Å². The lowest BCUT2D eigenvalue weighted by atomic mass is 9.89. The number of carbonyl (C=O) groups is 2. The van der Waals surface area contributed by atoms with Gasteiger partial charge in [0.05, 0.1) is 22.0 Å². The number of carboxylic acid groups (broad SMARTS) is 1. The monoisotopic (exact) mass is 389 g/mol. The SMILES string of the molecule is Cc1nn(C2CCCCC2)c2sc(C(=O)N[C@@H]3CC[C@@](C)(C(=O)O)C3)cc12. The molecule has 2 N–H and O–H groups in total. The molecule has 2 saturated carbocycles. The van der Waals surface area contributed by atoms with Gasteiger partial charge in [-0.1, -0.05) is 19.3 Å². The maximum Gasteiger partial charge on any atom is 0.309 e. The van der Waals surface area contributed by atoms with Crippen LogP contribution in [0.3, 0.4) is 0 Å². The number of hydrogen-bond donors (Lipinski definition) is 2. The number of carboxylic acids is 1. The molecule has 27 heavy (non-hydrogen) atoms. The Hall–Kier alpha value is -1.89. The van der Waals surface area contributed by atoms with Gasteiger partial charge in [0, 0.05) is 11.4 Å². The molecule has 0 aromatic carbocycles. The third-order valence-electron chi connectivity index (χ3n) is 6.31. The van der Waals surface area contributed by atoms with E-state index in [-0.39, 0.29) is 11.9 Å². The number of carbonyl (C=O) groups excluding carboxylic acids is 1. The Labute approximate surface area is 162 Å². The zero-order valence-electron chi connectivity index (χ0n) is 16.0. The zero-order chi connectivity index (χ0) is 19.2. The second-order valence-corrected chi connectivity index (χ2v) is 9.46. The molecule has 0 spiro atoms. The number of rotatable bonds is 4. The average Bonchev–Trinajstić information content (AvgIpc) is 3.32. The first-order chi connectivity index (χ1) is 12.9. The normalized spacial score (nSPS) is 26.5. The van der Waals surface area contributed by atoms with Crippen LogP contribution in [0.2, 0.25) is 0 Å². The minimum absolute atomic E-state index is 0.0697. The molecular weight excluding hydrogens is 362 g/mol. The molecule has 2 aliphatic rings. The van der Waals surface area contributed by atoms with E-state index in [1.807, 2.05) is 13.0 Å². The molecule has 4 rings (SSSR count). The van der Waals surface area contributed by atoms with Crippen molar-refractivity contribution in [2.45, 2.75) is 77.3 Å². The maximum absolute atomic E-state index is 12.8. The van der Waals surface area contributed by atoms with Crippen LogP contribution in [0, 0.1) is 12.3 Å². The topological polar surface area (TPSA) is 84.2 Å². The number of nitrogens with zero attached hydrogens (tertiary/aromatic N) is 2. The van der Waals surface area contributed by atoms with Crippen LogP contribution >= 0.6 is 11.3 Å². The molecule has 2 atom stereocenters. The summed E-state index contributed by atoms with van der Waals surface area (Å²) in [5, 5.41) is 18.2. The van der Waals surface area contributed by atoms with Crippen LogP contribution in [0.5, 0.6) is 0 Å². The van der Waals surface area contributed by atoms with Crippen molar-refractivity contribution in [3.63, 3.8) is 0 Å². The van der Waals surface area contributed by atoms with Crippen molar-refractivity contribution in [2.75, 3.05) is 0 Å². The van der Waals surface area contributed by atoms with Crippen LogP contribution in [-0.2, 0) is 4.79 Å². The predicted octanol–water partition coefficient (Wildman–Crippen LogP) is 4.28. The smallest absolute Gasteiger partial charge is 0.309 e. The lowest BCUT2D eigenvalue weighted by molar-refractivity contribution is -0.147. The van der Waals surface area contributed by atoms with Gasteiger partial charge in [-0.3, -0.25) is 14.3 Å². The third kappa shape index (κ3) is 3.37. The summed E-state index contributed by atoms with van der Waals surface area (Å²) in [6.45, 7) is 3.77. The summed E-state index contributed by atoms with van der Waals surface area (Å²) in [6.07, 6.45) is 7.92. The Kier molecular flexibility index (Phi) is 4.74. The van der Waals surface area contributed by atoms with Gasteiger partial charge >= 0.3 is 5.97 Å². The number of thiophene rings is 1. The van der Waals surface area contributed by atoms with E-state index < -0.39 is 11.4 Å². The van der Waals surface area contributed by atoms with Crippen molar-refractivity contribution in [2.24, 2.45) is 5.41 Å². The molecule has 0 bridgehead atoms. The minimum atomic E-state index is -0.774. The van der Waals surface area contributed by atoms with Crippen LogP contribution in [0.25, 0.3) is 10.2 Å². The van der Waals surface area contributed by atoms with Gasteiger partial charge in [-0.05, 0) is 52.0 Å². The average molecular weight is 390 g/mol. The van der Waals surface area contributed by atoms with E-state index in [0.29, 0.717) is 30.2 Å². The first-order valence-electron chi connectivity index (χ1n) is 9.90. The Morgan fingerprint density at radius 1 is 1.30 bits per heavy atom. The summed E-state index contributed by atoms with van der Waals surface area (Å²) >= 11 is 1.51. The van der Waals surface area contributed by atoms with Gasteiger partial charge < -0.3 is 10.4 Å². The second-order valence-electron chi connectivity index (χ2n) is 8.43. The van der Waals surface area contributed by atoms with Crippen LogP contribution in [-0.4, -0.2) is 32.8 Å². The van der Waals surface area contributed by atoms with E-state index in [9.17, 15) is 14.7 Å². The highest BCUT2D eigenvalue weighted by Gasteiger charge is 2.42. The van der Waals surface area contributed by atoms with Gasteiger partial charge in [-0.25, -0.2) is 0 Å². The third-order valence-corrected chi connectivity index (χ3v) is 7.43. The number of aryl methyl sites for hydroxylation is 1. The number of amides is 1. The van der Waals surface area contributed by atoms with E-state index in [1.165, 1.54) is 30.6 Å². The van der Waals surface area contributed by atoms with Gasteiger partial charge in [0.1, 0.15) is 4.83 Å². The summed E-state index contributed by atoms with van der Waals surface area (Å²) < 4.78 is 2.14. The maximum atomic E-state index is 12.8. The van der Waals surface area contributed by atoms with Gasteiger partial charge in [-0.15, -0.1) is 11.3 Å². The molecular formula is C20H27N3O3S. The zero-order valence-corrected chi connectivity index (χ0v) is 16.8. The molecule has 2 fully saturated rings. The van der Waals surface area contributed by atoms with Crippen molar-refractivity contribution in [1.82, 2.24) is 15.1 Å². The summed E-state index contributed by atoms with van der Waals surface area (Å²) in [4.78, 5) is 26.0. The van der Waals surface area contributed by atoms with Crippen LogP contribution in [0.1, 0.15) is 79.7 Å². The quantitative estimate of drug-likeness (QED) is 0.817. The summed E-state index contributed by atoms with van der Waals surface area (Å²) in [5.41, 5.74) is 0.251. The lowest BCUT2D eigenvalue weighted by Crippen LogP contribution is -2.34. The molecule has 0 aliphatic heterocycles. The highest BCUT2D eigenvalue weighted by Crippen LogP contribution is 2.39. The van der Waals surface area contributed by atoms with E-state index in [0.717, 1.165) is 28.8 Å². The molecule has 7 heteroatoms. The minimum Gasteiger partial charge on any atom is -0.481 e. The molecule has 0 saturated heterocycles. The van der Waals surface area contributed by atoms with Crippen molar-refractivity contribution >= 4 is 33.4 Å². The van der Waals surface area contributed by atoms with Crippen molar-refractivity contribution in [3.8, 4) is 0 Å². The standard InChI is InChI=1S/C20H27N3O3S/c1-12-15-10-16(17(24)21-13-8-9-20(2,11-13)19(25)26)27-18(15)23(22-12)14-6-4-3-5-7-14/h10,13-14H,3-9,11H2,1-2H3,(H,21,24)(H,25,26)/t13-,20-/m1/s1. The lowest BCUT2D eigenvalue weighted by Gasteiger charge is -2.22. The molecule has 2 aromatic heterocycles. The number of fused-ring (bicyclic) bond motifs is 1. The number of nitrogens with one attached hydrogen (secondary N) is 1. The predicted molar refractivity (Wildman–Crippen MR) is 105 cm³/mol. The van der Waals surface area contributed by atoms with Gasteiger partial charge in [0.2, 0.25) is 0 Å². The van der Waals surface area contributed by atoms with Gasteiger partial charge in [0.25, 0.3) is 5.91 Å². The number of aromatic nitrogens is 2. The van der Waals surface area contributed by atoms with Gasteiger partial charge in [-0.2, -0.15) is 5.10 Å². The van der Waals surface area contributed by atoms with Crippen LogP contribution < -0.4 is 5.32 Å². The fraction of sp³-hybridized carbons (Fsp3) is 0.650. The molecule has 146 valence electrons. The van der Waals surface area contributed by atoms with E-state index in [4.69, 9.17) is 5.10 Å². The molecule has 2 heterocycles. The second kappa shape index (κ2) is 6.93. The Bertz CT molecular complexity index is 881. The molecule has 6 nitrogen and oxygen atoms in total. The van der Waals surface area contributed by atoms with E-state index in [1.54, 1.807) is 6.92 Å². The summed E-state index contributed by atoms with van der Waals surface area (Å²) in [7, 11) is 0. The van der Waals surface area contributed by atoms with Crippen LogP contribution in [0.4, 0.5) is 0 Å². The fourth-order valence-corrected chi connectivity index (χ4v) is 5.71. The number of aliphatic carboxylic acids is 1. The largest absolute Gasteiger partial charge is 0.481 e. The molecule has 2 aliphatic carbocycles. The van der Waals surface area contributed by atoms with E-state index >= 15 is 0 Å². The van der Waals surface area contributed by atoms with Gasteiger partial charge in [0.15, 0.2) is 0 Å². The fourth-order valence-electron chi connectivity index (χ4n) is 4.57. The first kappa shape index (κ1) is 18.5. The van der Waals surface area contributed by atoms with Crippen molar-refractivity contribution < 1.29 is 14.7 Å². The van der Waals surface area contributed by atoms with E-state index in [2.05, 4.69) is 10.00 Å². The number of hydrogen-bond acceptors (Lipinski definition) is 4. The summed E-state index contributed by atoms with van der Waals surface area (Å²) in [5.74, 6) is -0.866. The summed E-state index contributed by atoms with van der Waals surface area (Å²) in [6, 6.07) is 2.32. The molecule has 1 amide bonds. The Balaban J connectivity index is 1.52. The highest BCUT2D eigenvalue weighted by molar-refractivity contribution is 7.20. The molecule has 0 radical (unpaired) electrons. The van der Waals surface area contributed by atoms with Crippen molar-refractivity contribution in [3.05, 3.63) is 16.6 Å². The Morgan fingerprint density at radius 3 is 2.70 bits per heavy atom.